The van der Waals surface area contributed by atoms with Crippen LogP contribution in [0.2, 0.25) is 0 Å². The Morgan fingerprint density at radius 2 is 1.79 bits per heavy atom. The van der Waals surface area contributed by atoms with E-state index in [1.165, 1.54) is 0 Å². The zero-order valence-corrected chi connectivity index (χ0v) is 21.7. The fraction of sp³-hybridized carbons (Fsp3) is 0.519. The van der Waals surface area contributed by atoms with Crippen LogP contribution in [0.4, 0.5) is 5.69 Å². The second-order valence-electron chi connectivity index (χ2n) is 9.72. The number of hydrogen-bond acceptors (Lipinski definition) is 6. The van der Waals surface area contributed by atoms with Crippen molar-refractivity contribution >= 4 is 17.4 Å². The molecule has 0 unspecified atom stereocenters. The van der Waals surface area contributed by atoms with Gasteiger partial charge in [0.1, 0.15) is 6.04 Å². The number of aromatic nitrogens is 1. The molecule has 0 saturated carbocycles. The minimum Gasteiger partial charge on any atom is -0.464 e. The van der Waals surface area contributed by atoms with Crippen LogP contribution >= 0.6 is 0 Å². The molecule has 2 N–H and O–H groups in total. The van der Waals surface area contributed by atoms with Gasteiger partial charge in [0.25, 0.3) is 5.56 Å². The summed E-state index contributed by atoms with van der Waals surface area (Å²) >= 11 is 0. The summed E-state index contributed by atoms with van der Waals surface area (Å²) in [5.41, 5.74) is 5.25. The number of aliphatic imine (C=N–C) groups is 1. The fourth-order valence-corrected chi connectivity index (χ4v) is 3.58. The van der Waals surface area contributed by atoms with Gasteiger partial charge in [0, 0.05) is 30.9 Å². The number of nitrogens with zero attached hydrogens (tertiary/aromatic N) is 2. The molecule has 0 saturated heterocycles. The highest BCUT2D eigenvalue weighted by Crippen LogP contribution is 2.24. The molecule has 2 rings (SSSR count). The first kappa shape index (κ1) is 27.5. The molecular formula is C27H39N3O4. The molecule has 0 fully saturated rings. The number of pyridine rings is 1. The van der Waals surface area contributed by atoms with Gasteiger partial charge >= 0.3 is 5.97 Å². The predicted molar refractivity (Wildman–Crippen MR) is 137 cm³/mol. The number of rotatable bonds is 10. The highest BCUT2D eigenvalue weighted by atomic mass is 16.5. The molecular weight excluding hydrogens is 430 g/mol. The Bertz CT molecular complexity index is 1060. The summed E-state index contributed by atoms with van der Waals surface area (Å²) in [5.74, 6) is -0.0864. The topological polar surface area (TPSA) is 92.9 Å². The zero-order chi connectivity index (χ0) is 25.6. The van der Waals surface area contributed by atoms with E-state index in [0.717, 1.165) is 28.1 Å². The quantitative estimate of drug-likeness (QED) is 0.408. The molecule has 1 heterocycles. The molecule has 0 radical (unpaired) electrons. The minimum atomic E-state index is -0.886. The molecule has 2 atom stereocenters. The third-order valence-electron chi connectivity index (χ3n) is 5.54. The highest BCUT2D eigenvalue weighted by Gasteiger charge is 2.25. The van der Waals surface area contributed by atoms with Crippen molar-refractivity contribution in [1.29, 1.82) is 0 Å². The van der Waals surface area contributed by atoms with Crippen LogP contribution in [-0.4, -0.2) is 40.1 Å². The highest BCUT2D eigenvalue weighted by molar-refractivity contribution is 6.03. The van der Waals surface area contributed by atoms with Crippen LogP contribution < -0.4 is 10.9 Å². The lowest BCUT2D eigenvalue weighted by Gasteiger charge is -2.21. The van der Waals surface area contributed by atoms with Gasteiger partial charge in [-0.2, -0.15) is 0 Å². The van der Waals surface area contributed by atoms with E-state index >= 15 is 0 Å². The van der Waals surface area contributed by atoms with E-state index in [-0.39, 0.29) is 17.4 Å². The van der Waals surface area contributed by atoms with E-state index in [4.69, 9.17) is 9.73 Å². The van der Waals surface area contributed by atoms with Crippen LogP contribution in [0.15, 0.2) is 40.2 Å². The largest absolute Gasteiger partial charge is 0.464 e. The first-order chi connectivity index (χ1) is 15.9. The number of carbonyl (C=O) groups is 1. The van der Waals surface area contributed by atoms with Gasteiger partial charge in [0.15, 0.2) is 0 Å². The second-order valence-corrected chi connectivity index (χ2v) is 9.72. The number of carbonyl (C=O) groups excluding carboxylic acids is 1. The lowest BCUT2D eigenvalue weighted by molar-refractivity contribution is -0.150. The fourth-order valence-electron chi connectivity index (χ4n) is 3.58. The van der Waals surface area contributed by atoms with Gasteiger partial charge in [-0.05, 0) is 55.9 Å². The van der Waals surface area contributed by atoms with Crippen LogP contribution in [-0.2, 0) is 23.1 Å². The van der Waals surface area contributed by atoms with Crippen LogP contribution in [0.5, 0.6) is 0 Å². The van der Waals surface area contributed by atoms with Crippen molar-refractivity contribution in [2.45, 2.75) is 67.2 Å². The van der Waals surface area contributed by atoms with E-state index in [9.17, 15) is 14.7 Å². The van der Waals surface area contributed by atoms with Crippen LogP contribution in [0.3, 0.4) is 0 Å². The number of ether oxygens (including phenoxy) is 1. The third kappa shape index (κ3) is 7.37. The summed E-state index contributed by atoms with van der Waals surface area (Å²) in [7, 11) is 1.75. The molecule has 0 aliphatic carbocycles. The van der Waals surface area contributed by atoms with Crippen molar-refractivity contribution in [1.82, 2.24) is 9.88 Å². The molecule has 7 heteroatoms. The van der Waals surface area contributed by atoms with Gasteiger partial charge in [-0.25, -0.2) is 0 Å². The molecule has 7 nitrogen and oxygen atoms in total. The molecule has 186 valence electrons. The van der Waals surface area contributed by atoms with Gasteiger partial charge in [0.2, 0.25) is 0 Å². The Hall–Kier alpha value is -2.77. The average Bonchev–Trinajstić information content (AvgIpc) is 2.75. The lowest BCUT2D eigenvalue weighted by atomic mass is 9.99. The smallest absolute Gasteiger partial charge is 0.325 e. The van der Waals surface area contributed by atoms with Crippen LogP contribution in [0.1, 0.15) is 56.9 Å². The summed E-state index contributed by atoms with van der Waals surface area (Å²) in [5, 5.41) is 13.2. The van der Waals surface area contributed by atoms with Crippen molar-refractivity contribution in [2.24, 2.45) is 23.9 Å². The van der Waals surface area contributed by atoms with Crippen molar-refractivity contribution in [3.63, 3.8) is 0 Å². The van der Waals surface area contributed by atoms with E-state index < -0.39 is 18.1 Å². The Morgan fingerprint density at radius 3 is 2.35 bits per heavy atom. The third-order valence-corrected chi connectivity index (χ3v) is 5.54. The number of hydrogen-bond donors (Lipinski definition) is 2. The van der Waals surface area contributed by atoms with E-state index in [1.54, 1.807) is 18.5 Å². The monoisotopic (exact) mass is 469 g/mol. The van der Waals surface area contributed by atoms with E-state index in [1.807, 2.05) is 58.2 Å². The summed E-state index contributed by atoms with van der Waals surface area (Å²) in [6.45, 7) is 14.2. The zero-order valence-electron chi connectivity index (χ0n) is 21.7. The number of aliphatic hydroxyl groups excluding tert-OH is 1. The van der Waals surface area contributed by atoms with Crippen molar-refractivity contribution < 1.29 is 14.6 Å². The maximum atomic E-state index is 12.4. The minimum absolute atomic E-state index is 0.0179. The second kappa shape index (κ2) is 12.1. The summed E-state index contributed by atoms with van der Waals surface area (Å²) in [6.07, 6.45) is 0.938. The molecule has 0 spiro atoms. The standard InChI is InChI=1S/C27H39N3O4/c1-16(2)15-34-27(33)25(20(7)31)28-13-21-10-9-18(5)23(12-21)29-24(17(3)4)22-11-19(6)26(32)30(8)14-22/h9-12,14,16-17,20,25,28,31H,13,15H2,1-8H3/t20-,25+/m1/s1. The van der Waals surface area contributed by atoms with Crippen molar-refractivity contribution in [2.75, 3.05) is 6.61 Å². The summed E-state index contributed by atoms with van der Waals surface area (Å²) in [6, 6.07) is 7.03. The SMILES string of the molecule is Cc1ccc(CN[C@H](C(=O)OCC(C)C)[C@@H](C)O)cc1N=C(c1cc(C)c(=O)n(C)c1)C(C)C. The predicted octanol–water partition coefficient (Wildman–Crippen LogP) is 3.82. The summed E-state index contributed by atoms with van der Waals surface area (Å²) in [4.78, 5) is 29.5. The normalized spacial score (nSPS) is 13.9. The van der Waals surface area contributed by atoms with Gasteiger partial charge in [-0.3, -0.25) is 19.9 Å². The lowest BCUT2D eigenvalue weighted by Crippen LogP contribution is -2.45. The Kier molecular flexibility index (Phi) is 9.77. The van der Waals surface area contributed by atoms with E-state index in [0.29, 0.717) is 18.7 Å². The summed E-state index contributed by atoms with van der Waals surface area (Å²) < 4.78 is 6.89. The molecule has 0 aliphatic rings. The van der Waals surface area contributed by atoms with Crippen LogP contribution in [0, 0.1) is 25.7 Å². The molecule has 0 amide bonds. The van der Waals surface area contributed by atoms with Gasteiger partial charge in [-0.15, -0.1) is 0 Å². The first-order valence-electron chi connectivity index (χ1n) is 11.8. The van der Waals surface area contributed by atoms with Crippen molar-refractivity contribution in [3.05, 3.63) is 63.1 Å². The first-order valence-corrected chi connectivity index (χ1v) is 11.8. The molecule has 0 bridgehead atoms. The maximum Gasteiger partial charge on any atom is 0.325 e. The van der Waals surface area contributed by atoms with Gasteiger partial charge in [-0.1, -0.05) is 39.8 Å². The number of aliphatic hydroxyl groups is 1. The molecule has 0 aliphatic heterocycles. The molecule has 1 aromatic heterocycles. The number of benzene rings is 1. The van der Waals surface area contributed by atoms with Crippen LogP contribution in [0.25, 0.3) is 0 Å². The number of esters is 1. The number of aryl methyl sites for hydroxylation is 3. The molecule has 2 aromatic rings. The average molecular weight is 470 g/mol. The Balaban J connectivity index is 2.31. The van der Waals surface area contributed by atoms with E-state index in [2.05, 4.69) is 19.2 Å². The maximum absolute atomic E-state index is 12.4. The van der Waals surface area contributed by atoms with Gasteiger partial charge < -0.3 is 14.4 Å². The number of nitrogens with one attached hydrogen (secondary N) is 1. The Labute approximate surface area is 202 Å². The molecule has 1 aromatic carbocycles. The Morgan fingerprint density at radius 1 is 1.12 bits per heavy atom. The van der Waals surface area contributed by atoms with Crippen molar-refractivity contribution in [3.8, 4) is 0 Å². The van der Waals surface area contributed by atoms with Gasteiger partial charge in [0.05, 0.1) is 24.1 Å². The molecule has 34 heavy (non-hydrogen) atoms.